The third-order valence-electron chi connectivity index (χ3n) is 4.82. The second kappa shape index (κ2) is 10.1. The molecule has 0 aliphatic heterocycles. The number of aromatic nitrogens is 2. The summed E-state index contributed by atoms with van der Waals surface area (Å²) in [4.78, 5) is 29.4. The van der Waals surface area contributed by atoms with Crippen LogP contribution in [0.5, 0.6) is 11.5 Å². The lowest BCUT2D eigenvalue weighted by Gasteiger charge is -2.15. The zero-order valence-corrected chi connectivity index (χ0v) is 21.7. The Kier molecular flexibility index (Phi) is 7.74. The first-order valence-electron chi connectivity index (χ1n) is 9.68. The van der Waals surface area contributed by atoms with E-state index in [0.29, 0.717) is 26.8 Å². The SMILES string of the molecule is CC[C@H](C)c1nc2ccc(Br)cc2c(=O)n1N=Cc1cc(OC)c(OC(C)=O)c(Cl)c1Br. The van der Waals surface area contributed by atoms with Crippen LogP contribution in [0.2, 0.25) is 5.02 Å². The van der Waals surface area contributed by atoms with E-state index in [1.54, 1.807) is 18.2 Å². The second-order valence-electron chi connectivity index (χ2n) is 7.02. The number of hydrogen-bond acceptors (Lipinski definition) is 6. The summed E-state index contributed by atoms with van der Waals surface area (Å²) in [6.07, 6.45) is 2.26. The number of hydrogen-bond donors (Lipinski definition) is 0. The van der Waals surface area contributed by atoms with Gasteiger partial charge in [-0.25, -0.2) is 4.98 Å². The average Bonchev–Trinajstić information content (AvgIpc) is 2.76. The largest absolute Gasteiger partial charge is 0.493 e. The Morgan fingerprint density at radius 3 is 2.69 bits per heavy atom. The van der Waals surface area contributed by atoms with Crippen molar-refractivity contribution in [1.82, 2.24) is 9.66 Å². The molecule has 0 aliphatic rings. The molecule has 0 N–H and O–H groups in total. The lowest BCUT2D eigenvalue weighted by molar-refractivity contribution is -0.132. The number of carbonyl (C=O) groups excluding carboxylic acids is 1. The molecule has 0 unspecified atom stereocenters. The fraction of sp³-hybridized carbons (Fsp3) is 0.273. The Morgan fingerprint density at radius 2 is 2.06 bits per heavy atom. The van der Waals surface area contributed by atoms with Gasteiger partial charge in [0.25, 0.3) is 5.56 Å². The molecule has 7 nitrogen and oxygen atoms in total. The van der Waals surface area contributed by atoms with Gasteiger partial charge in [-0.3, -0.25) is 9.59 Å². The Hall–Kier alpha value is -2.23. The van der Waals surface area contributed by atoms with E-state index in [-0.39, 0.29) is 28.0 Å². The van der Waals surface area contributed by atoms with E-state index in [1.165, 1.54) is 24.9 Å². The molecule has 1 atom stereocenters. The molecule has 168 valence electrons. The summed E-state index contributed by atoms with van der Waals surface area (Å²) < 4.78 is 13.0. The molecule has 0 radical (unpaired) electrons. The molecule has 32 heavy (non-hydrogen) atoms. The minimum Gasteiger partial charge on any atom is -0.493 e. The number of fused-ring (bicyclic) bond motifs is 1. The zero-order valence-electron chi connectivity index (χ0n) is 17.8. The number of benzene rings is 2. The summed E-state index contributed by atoms with van der Waals surface area (Å²) in [5.41, 5.74) is 0.851. The van der Waals surface area contributed by atoms with Crippen LogP contribution in [0.3, 0.4) is 0 Å². The van der Waals surface area contributed by atoms with Crippen LogP contribution in [-0.4, -0.2) is 29.0 Å². The lowest BCUT2D eigenvalue weighted by atomic mass is 10.1. The van der Waals surface area contributed by atoms with E-state index >= 15 is 0 Å². The molecule has 10 heteroatoms. The van der Waals surface area contributed by atoms with Crippen LogP contribution in [0.25, 0.3) is 10.9 Å². The molecule has 0 spiro atoms. The summed E-state index contributed by atoms with van der Waals surface area (Å²) in [6.45, 7) is 5.28. The number of methoxy groups -OCH3 is 1. The molecule has 0 bridgehead atoms. The molecule has 0 amide bonds. The Balaban J connectivity index is 2.20. The Bertz CT molecular complexity index is 1290. The molecule has 2 aromatic carbocycles. The Labute approximate surface area is 206 Å². The van der Waals surface area contributed by atoms with Gasteiger partial charge < -0.3 is 9.47 Å². The fourth-order valence-corrected chi connectivity index (χ4v) is 3.99. The van der Waals surface area contributed by atoms with Gasteiger partial charge in [-0.15, -0.1) is 0 Å². The predicted molar refractivity (Wildman–Crippen MR) is 132 cm³/mol. The minimum atomic E-state index is -0.531. The van der Waals surface area contributed by atoms with Gasteiger partial charge in [0, 0.05) is 27.4 Å². The molecule has 0 aliphatic carbocycles. The van der Waals surface area contributed by atoms with Crippen molar-refractivity contribution in [3.8, 4) is 11.5 Å². The van der Waals surface area contributed by atoms with E-state index < -0.39 is 5.97 Å². The van der Waals surface area contributed by atoms with E-state index in [4.69, 9.17) is 21.1 Å². The van der Waals surface area contributed by atoms with E-state index in [0.717, 1.165) is 10.9 Å². The van der Waals surface area contributed by atoms with Gasteiger partial charge >= 0.3 is 5.97 Å². The topological polar surface area (TPSA) is 82.8 Å². The first-order valence-corrected chi connectivity index (χ1v) is 11.6. The quantitative estimate of drug-likeness (QED) is 0.204. The van der Waals surface area contributed by atoms with Crippen LogP contribution in [0, 0.1) is 0 Å². The molecule has 1 heterocycles. The maximum absolute atomic E-state index is 13.3. The molecule has 3 aromatic rings. The van der Waals surface area contributed by atoms with Crippen LogP contribution in [-0.2, 0) is 4.79 Å². The number of ether oxygens (including phenoxy) is 2. The first-order chi connectivity index (χ1) is 15.2. The van der Waals surface area contributed by atoms with Gasteiger partial charge in [-0.1, -0.05) is 41.4 Å². The fourth-order valence-electron chi connectivity index (χ4n) is 2.99. The van der Waals surface area contributed by atoms with Crippen LogP contribution in [0.15, 0.2) is 43.1 Å². The van der Waals surface area contributed by atoms with Gasteiger partial charge in [0.05, 0.1) is 24.2 Å². The van der Waals surface area contributed by atoms with Crippen molar-refractivity contribution in [3.63, 3.8) is 0 Å². The predicted octanol–water partition coefficient (Wildman–Crippen LogP) is 5.90. The van der Waals surface area contributed by atoms with Crippen LogP contribution >= 0.6 is 43.5 Å². The highest BCUT2D eigenvalue weighted by atomic mass is 79.9. The maximum atomic E-state index is 13.3. The Morgan fingerprint density at radius 1 is 1.34 bits per heavy atom. The summed E-state index contributed by atoms with van der Waals surface area (Å²) in [7, 11) is 1.43. The number of esters is 1. The highest BCUT2D eigenvalue weighted by Gasteiger charge is 2.19. The summed E-state index contributed by atoms with van der Waals surface area (Å²) >= 11 is 13.2. The van der Waals surface area contributed by atoms with E-state index in [2.05, 4.69) is 41.9 Å². The van der Waals surface area contributed by atoms with Crippen molar-refractivity contribution >= 4 is 66.5 Å². The first kappa shape index (κ1) is 24.4. The summed E-state index contributed by atoms with van der Waals surface area (Å²) in [5.74, 6) is 0.372. The van der Waals surface area contributed by atoms with Crippen molar-refractivity contribution in [2.75, 3.05) is 7.11 Å². The maximum Gasteiger partial charge on any atom is 0.308 e. The smallest absolute Gasteiger partial charge is 0.308 e. The third-order valence-corrected chi connectivity index (χ3v) is 6.76. The normalized spacial score (nSPS) is 12.3. The number of carbonyl (C=O) groups is 1. The van der Waals surface area contributed by atoms with Crippen LogP contribution in [0.4, 0.5) is 0 Å². The van der Waals surface area contributed by atoms with Crippen molar-refractivity contribution < 1.29 is 14.3 Å². The van der Waals surface area contributed by atoms with Gasteiger partial charge in [-0.2, -0.15) is 9.78 Å². The van der Waals surface area contributed by atoms with Gasteiger partial charge in [-0.05, 0) is 46.6 Å². The highest BCUT2D eigenvalue weighted by molar-refractivity contribution is 9.10. The molecule has 0 saturated heterocycles. The number of nitrogens with zero attached hydrogens (tertiary/aromatic N) is 3. The zero-order chi connectivity index (χ0) is 23.6. The molecular weight excluding hydrogens is 566 g/mol. The van der Waals surface area contributed by atoms with Gasteiger partial charge in [0.1, 0.15) is 10.8 Å². The van der Waals surface area contributed by atoms with Crippen molar-refractivity contribution in [2.24, 2.45) is 5.10 Å². The van der Waals surface area contributed by atoms with Gasteiger partial charge in [0.15, 0.2) is 11.5 Å². The van der Waals surface area contributed by atoms with E-state index in [1.807, 2.05) is 19.9 Å². The van der Waals surface area contributed by atoms with Gasteiger partial charge in [0.2, 0.25) is 0 Å². The van der Waals surface area contributed by atoms with Crippen molar-refractivity contribution in [1.29, 1.82) is 0 Å². The van der Waals surface area contributed by atoms with Crippen LogP contribution in [0.1, 0.15) is 44.5 Å². The molecule has 0 saturated carbocycles. The minimum absolute atomic E-state index is 0.000745. The van der Waals surface area contributed by atoms with Crippen molar-refractivity contribution in [2.45, 2.75) is 33.1 Å². The third kappa shape index (κ3) is 4.89. The molecule has 3 rings (SSSR count). The number of rotatable bonds is 6. The second-order valence-corrected chi connectivity index (χ2v) is 9.11. The van der Waals surface area contributed by atoms with E-state index in [9.17, 15) is 9.59 Å². The monoisotopic (exact) mass is 583 g/mol. The molecule has 0 fully saturated rings. The molecule has 1 aromatic heterocycles. The molecular formula is C22H20Br2ClN3O4. The average molecular weight is 586 g/mol. The standard InChI is InChI=1S/C22H20Br2ClN3O4/c1-5-11(2)21-27-16-7-6-14(23)9-15(16)22(30)28(21)26-10-13-8-17(31-4)20(32-12(3)29)19(25)18(13)24/h6-11H,5H2,1-4H3/t11-/m0/s1. The highest BCUT2D eigenvalue weighted by Crippen LogP contribution is 2.42. The summed E-state index contributed by atoms with van der Waals surface area (Å²) in [5, 5.41) is 5.04. The lowest BCUT2D eigenvalue weighted by Crippen LogP contribution is -2.23. The van der Waals surface area contributed by atoms with Crippen molar-refractivity contribution in [3.05, 3.63) is 60.0 Å². The number of halogens is 3. The summed E-state index contributed by atoms with van der Waals surface area (Å²) in [6, 6.07) is 6.98. The van der Waals surface area contributed by atoms with Crippen LogP contribution < -0.4 is 15.0 Å².